The van der Waals surface area contributed by atoms with Gasteiger partial charge in [0.05, 0.1) is 9.23 Å². The average molecular weight is 797 g/mol. The van der Waals surface area contributed by atoms with Gasteiger partial charge in [0.25, 0.3) is 0 Å². The van der Waals surface area contributed by atoms with E-state index in [1.54, 1.807) is 0 Å². The van der Waals surface area contributed by atoms with Crippen LogP contribution in [0.2, 0.25) is 0 Å². The molecule has 0 N–H and O–H groups in total. The van der Waals surface area contributed by atoms with Crippen molar-refractivity contribution in [3.8, 4) is 0 Å². The minimum Gasteiger partial charge on any atom is -0.108 e. The van der Waals surface area contributed by atoms with Gasteiger partial charge in [0.2, 0.25) is 0 Å². The summed E-state index contributed by atoms with van der Waals surface area (Å²) in [5.74, 6) is -0.319. The molecule has 0 radical (unpaired) electrons. The van der Waals surface area contributed by atoms with Gasteiger partial charge in [-0.05, 0) is 59.3 Å². The second kappa shape index (κ2) is 14.6. The molecule has 6 aromatic rings. The molecule has 0 saturated heterocycles. The molecule has 6 aromatic carbocycles. The van der Waals surface area contributed by atoms with Crippen LogP contribution >= 0.6 is 39.0 Å². The van der Waals surface area contributed by atoms with Crippen LogP contribution < -0.4 is 21.2 Å². The smallest absolute Gasteiger partial charge is 0.0979 e. The van der Waals surface area contributed by atoms with Crippen molar-refractivity contribution < 1.29 is 19.5 Å². The molecule has 0 bridgehead atoms. The van der Waals surface area contributed by atoms with Crippen molar-refractivity contribution in [2.24, 2.45) is 0 Å². The molecule has 0 saturated carbocycles. The molecule has 0 nitrogen and oxygen atoms in total. The summed E-state index contributed by atoms with van der Waals surface area (Å²) in [5.41, 5.74) is 4.88. The maximum Gasteiger partial charge on any atom is 0.0979 e. The summed E-state index contributed by atoms with van der Waals surface area (Å²) in [6.45, 7) is 0. The first-order valence-electron chi connectivity index (χ1n) is 16.3. The summed E-state index contributed by atoms with van der Waals surface area (Å²) in [6.07, 6.45) is 9.10. The van der Waals surface area contributed by atoms with E-state index in [0.29, 0.717) is 0 Å². The van der Waals surface area contributed by atoms with E-state index in [1.165, 1.54) is 43.5 Å². The van der Waals surface area contributed by atoms with Crippen LogP contribution in [0.5, 0.6) is 0 Å². The van der Waals surface area contributed by atoms with E-state index in [1.807, 2.05) is 0 Å². The zero-order chi connectivity index (χ0) is 32.6. The van der Waals surface area contributed by atoms with Crippen LogP contribution in [0.4, 0.5) is 0 Å². The molecule has 49 heavy (non-hydrogen) atoms. The Morgan fingerprint density at radius 2 is 0.633 bits per heavy atom. The van der Waals surface area contributed by atoms with Gasteiger partial charge in [0.15, 0.2) is 0 Å². The van der Waals surface area contributed by atoms with Crippen LogP contribution in [0, 0.1) is 0 Å². The summed E-state index contributed by atoms with van der Waals surface area (Å²) in [4.78, 5) is 0. The van der Waals surface area contributed by atoms with E-state index in [0.717, 1.165) is 0 Å². The molecule has 0 spiro atoms. The van der Waals surface area contributed by atoms with Crippen LogP contribution in [0.25, 0.3) is 12.2 Å². The second-order valence-corrected chi connectivity index (χ2v) is 19.0. The fraction of sp³-hybridized carbons (Fsp3) is 0.0909. The molecule has 4 unspecified atom stereocenters. The zero-order valence-corrected chi connectivity index (χ0v) is 31.7. The Morgan fingerprint density at radius 1 is 0.367 bits per heavy atom. The van der Waals surface area contributed by atoms with Gasteiger partial charge in [-0.1, -0.05) is 194 Å². The first-order chi connectivity index (χ1) is 23.6. The number of hydrogen-bond donors (Lipinski definition) is 0. The summed E-state index contributed by atoms with van der Waals surface area (Å²) >= 11 is 17.0. The Morgan fingerprint density at radius 3 is 0.939 bits per heavy atom. The van der Waals surface area contributed by atoms with Gasteiger partial charge in [-0.3, -0.25) is 0 Å². The van der Waals surface area contributed by atoms with Gasteiger partial charge in [0, 0.05) is 31.3 Å². The molecular formula is C44H34Cl2P2Ru. The van der Waals surface area contributed by atoms with Gasteiger partial charge in [-0.15, -0.1) is 23.2 Å². The Bertz CT molecular complexity index is 1860. The average Bonchev–Trinajstić information content (AvgIpc) is 3.14. The quantitative estimate of drug-likeness (QED) is 0.0858. The van der Waals surface area contributed by atoms with Gasteiger partial charge >= 0.3 is 0 Å². The second-order valence-electron chi connectivity index (χ2n) is 12.3. The molecule has 2 aliphatic carbocycles. The van der Waals surface area contributed by atoms with Crippen molar-refractivity contribution in [1.29, 1.82) is 0 Å². The Labute approximate surface area is 315 Å². The molecule has 4 atom stereocenters. The minimum absolute atomic E-state index is 0. The molecule has 242 valence electrons. The Balaban J connectivity index is 0.00000378. The summed E-state index contributed by atoms with van der Waals surface area (Å²) in [5, 5.41) is 4.98. The maximum atomic E-state index is 8.49. The number of benzene rings is 6. The van der Waals surface area contributed by atoms with Crippen LogP contribution in [0.1, 0.15) is 34.1 Å². The molecule has 0 amide bonds. The number of allylic oxidation sites excluding steroid dienone is 2. The predicted octanol–water partition coefficient (Wildman–Crippen LogP) is 10.7. The van der Waals surface area contributed by atoms with E-state index in [2.05, 4.69) is 194 Å². The number of alkyl halides is 2. The molecule has 0 aromatic heterocycles. The topological polar surface area (TPSA) is 0 Å². The third-order valence-corrected chi connectivity index (χ3v) is 16.8. The van der Waals surface area contributed by atoms with Crippen molar-refractivity contribution in [1.82, 2.24) is 0 Å². The fourth-order valence-corrected chi connectivity index (χ4v) is 15.0. The van der Waals surface area contributed by atoms with Crippen LogP contribution in [0.3, 0.4) is 0 Å². The van der Waals surface area contributed by atoms with Crippen molar-refractivity contribution in [3.63, 3.8) is 0 Å². The van der Waals surface area contributed by atoms with Gasteiger partial charge in [0.1, 0.15) is 0 Å². The maximum absolute atomic E-state index is 8.49. The third-order valence-electron chi connectivity index (χ3n) is 9.60. The summed E-state index contributed by atoms with van der Waals surface area (Å²) < 4.78 is -1.60. The van der Waals surface area contributed by atoms with E-state index in [9.17, 15) is 0 Å². The van der Waals surface area contributed by atoms with Crippen LogP contribution in [-0.4, -0.2) is 9.23 Å². The van der Waals surface area contributed by atoms with Crippen molar-refractivity contribution in [2.45, 2.75) is 21.1 Å². The van der Waals surface area contributed by atoms with E-state index < -0.39 is 25.1 Å². The predicted molar refractivity (Wildman–Crippen MR) is 212 cm³/mol. The number of halogens is 2. The van der Waals surface area contributed by atoms with Crippen molar-refractivity contribution in [3.05, 3.63) is 204 Å². The Hall–Kier alpha value is -3.14. The van der Waals surface area contributed by atoms with Gasteiger partial charge < -0.3 is 0 Å². The van der Waals surface area contributed by atoms with Gasteiger partial charge in [-0.2, -0.15) is 0 Å². The molecule has 8 rings (SSSR count). The molecule has 0 aliphatic heterocycles. The molecular weight excluding hydrogens is 762 g/mol. The fourth-order valence-electron chi connectivity index (χ4n) is 7.60. The number of hydrogen-bond acceptors (Lipinski definition) is 0. The van der Waals surface area contributed by atoms with Crippen LogP contribution in [0.15, 0.2) is 182 Å². The molecule has 2 aliphatic rings. The van der Waals surface area contributed by atoms with Crippen molar-refractivity contribution >= 4 is 72.4 Å². The van der Waals surface area contributed by atoms with E-state index >= 15 is 0 Å². The minimum atomic E-state index is -1.10. The summed E-state index contributed by atoms with van der Waals surface area (Å²) in [6, 6.07) is 61.0. The standard InChI is InChI=1S/C44H34Cl2P2.Ru/c45-43(47(35-19-5-1-6-20-35)36-21-7-2-8-22-36)31-29-33-17-13-15-27-39(33)41(43)42-40-28-16-14-18-34(40)30-32-44(42,46)48(37-23-9-3-10-24-37)38-25-11-4-12-26-38;/h1-32,41-42H;. The Kier molecular flexibility index (Phi) is 10.2. The van der Waals surface area contributed by atoms with Crippen molar-refractivity contribution in [2.75, 3.05) is 0 Å². The molecule has 5 heteroatoms. The first-order valence-corrected chi connectivity index (χ1v) is 19.8. The zero-order valence-electron chi connectivity index (χ0n) is 26.6. The first kappa shape index (κ1) is 34.3. The summed E-state index contributed by atoms with van der Waals surface area (Å²) in [7, 11) is -2.19. The largest absolute Gasteiger partial charge is 0.108 e. The van der Waals surface area contributed by atoms with Crippen LogP contribution in [-0.2, 0) is 19.5 Å². The SMILES string of the molecule is ClC1(P(c2ccccc2)c2ccccc2)C=Cc2ccccc2C1C1c2ccccc2C=CC1(Cl)P(c1ccccc1)c1ccccc1.[Ru]. The van der Waals surface area contributed by atoms with E-state index in [4.69, 9.17) is 23.2 Å². The molecule has 0 fully saturated rings. The monoisotopic (exact) mass is 796 g/mol. The third kappa shape index (κ3) is 6.25. The number of rotatable bonds is 7. The van der Waals surface area contributed by atoms with E-state index in [-0.39, 0.29) is 31.3 Å². The molecule has 0 heterocycles. The van der Waals surface area contributed by atoms with Gasteiger partial charge in [-0.25, -0.2) is 0 Å². The normalized spacial score (nSPS) is 22.3. The number of fused-ring (bicyclic) bond motifs is 2.